The van der Waals surface area contributed by atoms with Crippen molar-refractivity contribution in [1.29, 1.82) is 0 Å². The van der Waals surface area contributed by atoms with E-state index < -0.39 is 0 Å². The van der Waals surface area contributed by atoms with Gasteiger partial charge >= 0.3 is 0 Å². The largest absolute Gasteiger partial charge is 0.508 e. The van der Waals surface area contributed by atoms with Crippen molar-refractivity contribution in [3.8, 4) is 5.75 Å². The van der Waals surface area contributed by atoms with Gasteiger partial charge in [-0.2, -0.15) is 0 Å². The summed E-state index contributed by atoms with van der Waals surface area (Å²) in [6.45, 7) is 0. The summed E-state index contributed by atoms with van der Waals surface area (Å²) in [5.41, 5.74) is 1.97. The Bertz CT molecular complexity index is 613. The van der Waals surface area contributed by atoms with Crippen molar-refractivity contribution in [3.05, 3.63) is 42.7 Å². The lowest BCUT2D eigenvalue weighted by molar-refractivity contribution is 0.476. The van der Waals surface area contributed by atoms with Crippen molar-refractivity contribution >= 4 is 16.6 Å². The minimum Gasteiger partial charge on any atom is -0.508 e. The van der Waals surface area contributed by atoms with Gasteiger partial charge in [-0.15, -0.1) is 0 Å². The minimum absolute atomic E-state index is 0.289. The lowest BCUT2D eigenvalue weighted by Gasteiger charge is -2.01. The maximum Gasteiger partial charge on any atom is 0.137 e. The van der Waals surface area contributed by atoms with Gasteiger partial charge in [0, 0.05) is 17.8 Å². The van der Waals surface area contributed by atoms with Crippen LogP contribution in [-0.4, -0.2) is 14.5 Å². The zero-order valence-corrected chi connectivity index (χ0v) is 7.38. The molecule has 3 heteroatoms. The number of aromatic hydroxyl groups is 1. The van der Waals surface area contributed by atoms with Crippen molar-refractivity contribution in [2.75, 3.05) is 0 Å². The SMILES string of the molecule is Oc1ccc2c(ccc3nccn32)c1. The average molecular weight is 184 g/mol. The standard InChI is InChI=1S/C11H8N2O/c14-9-2-3-10-8(7-9)1-4-11-12-5-6-13(10)11/h1-7,14H. The van der Waals surface area contributed by atoms with Crippen LogP contribution in [0.3, 0.4) is 0 Å². The monoisotopic (exact) mass is 184 g/mol. The normalized spacial score (nSPS) is 11.1. The molecule has 0 unspecified atom stereocenters. The van der Waals surface area contributed by atoms with Crippen LogP contribution in [0.1, 0.15) is 0 Å². The quantitative estimate of drug-likeness (QED) is 0.581. The van der Waals surface area contributed by atoms with Crippen molar-refractivity contribution in [2.45, 2.75) is 0 Å². The first-order chi connectivity index (χ1) is 6.84. The highest BCUT2D eigenvalue weighted by molar-refractivity contribution is 5.83. The lowest BCUT2D eigenvalue weighted by Crippen LogP contribution is -1.85. The van der Waals surface area contributed by atoms with Crippen LogP contribution in [0.25, 0.3) is 16.6 Å². The topological polar surface area (TPSA) is 37.5 Å². The third-order valence-corrected chi connectivity index (χ3v) is 2.35. The second kappa shape index (κ2) is 2.48. The second-order valence-electron chi connectivity index (χ2n) is 3.23. The van der Waals surface area contributed by atoms with Gasteiger partial charge in [0.1, 0.15) is 11.4 Å². The Labute approximate surface area is 80.2 Å². The molecule has 0 aliphatic carbocycles. The molecule has 0 fully saturated rings. The number of rotatable bonds is 0. The predicted molar refractivity (Wildman–Crippen MR) is 54.4 cm³/mol. The van der Waals surface area contributed by atoms with E-state index in [4.69, 9.17) is 0 Å². The number of phenolic OH excluding ortho intramolecular Hbond substituents is 1. The summed E-state index contributed by atoms with van der Waals surface area (Å²) in [4.78, 5) is 4.19. The molecule has 3 rings (SSSR count). The lowest BCUT2D eigenvalue weighted by atomic mass is 10.2. The van der Waals surface area contributed by atoms with Gasteiger partial charge in [-0.05, 0) is 30.3 Å². The van der Waals surface area contributed by atoms with Crippen molar-refractivity contribution in [2.24, 2.45) is 0 Å². The number of imidazole rings is 1. The molecule has 1 N–H and O–H groups in total. The summed E-state index contributed by atoms with van der Waals surface area (Å²) in [5.74, 6) is 0.289. The van der Waals surface area contributed by atoms with E-state index in [9.17, 15) is 5.11 Å². The summed E-state index contributed by atoms with van der Waals surface area (Å²) in [7, 11) is 0. The Morgan fingerprint density at radius 3 is 3.00 bits per heavy atom. The van der Waals surface area contributed by atoms with Gasteiger partial charge in [0.2, 0.25) is 0 Å². The highest BCUT2D eigenvalue weighted by atomic mass is 16.3. The molecule has 0 radical (unpaired) electrons. The summed E-state index contributed by atoms with van der Waals surface area (Å²) in [6.07, 6.45) is 3.68. The second-order valence-corrected chi connectivity index (χ2v) is 3.23. The molecule has 3 aromatic rings. The molecule has 0 aliphatic rings. The summed E-state index contributed by atoms with van der Waals surface area (Å²) >= 11 is 0. The fraction of sp³-hybridized carbons (Fsp3) is 0. The van der Waals surface area contributed by atoms with Gasteiger partial charge < -0.3 is 5.11 Å². The molecule has 1 aromatic carbocycles. The van der Waals surface area contributed by atoms with Crippen molar-refractivity contribution < 1.29 is 5.11 Å². The number of fused-ring (bicyclic) bond motifs is 3. The number of pyridine rings is 1. The van der Waals surface area contributed by atoms with Crippen LogP contribution in [0.15, 0.2) is 42.7 Å². The Morgan fingerprint density at radius 1 is 1.14 bits per heavy atom. The van der Waals surface area contributed by atoms with E-state index in [-0.39, 0.29) is 5.75 Å². The molecule has 0 spiro atoms. The fourth-order valence-electron chi connectivity index (χ4n) is 1.70. The molecule has 68 valence electrons. The molecular formula is C11H8N2O. The number of hydrogen-bond donors (Lipinski definition) is 1. The molecular weight excluding hydrogens is 176 g/mol. The molecule has 0 saturated heterocycles. The van der Waals surface area contributed by atoms with Gasteiger partial charge in [-0.3, -0.25) is 4.40 Å². The molecule has 0 atom stereocenters. The molecule has 2 aromatic heterocycles. The van der Waals surface area contributed by atoms with Crippen molar-refractivity contribution in [3.63, 3.8) is 0 Å². The highest BCUT2D eigenvalue weighted by Gasteiger charge is 2.00. The van der Waals surface area contributed by atoms with Gasteiger partial charge in [0.15, 0.2) is 0 Å². The van der Waals surface area contributed by atoms with Gasteiger partial charge in [-0.1, -0.05) is 0 Å². The average Bonchev–Trinajstić information content (AvgIpc) is 2.65. The number of hydrogen-bond acceptors (Lipinski definition) is 2. The van der Waals surface area contributed by atoms with E-state index in [1.54, 1.807) is 18.3 Å². The van der Waals surface area contributed by atoms with E-state index in [1.165, 1.54) is 0 Å². The third kappa shape index (κ3) is 0.893. The van der Waals surface area contributed by atoms with E-state index in [0.717, 1.165) is 16.6 Å². The van der Waals surface area contributed by atoms with E-state index in [2.05, 4.69) is 4.98 Å². The van der Waals surface area contributed by atoms with Crippen LogP contribution in [0.5, 0.6) is 5.75 Å². The zero-order chi connectivity index (χ0) is 9.54. The smallest absolute Gasteiger partial charge is 0.137 e. The number of aromatic nitrogens is 2. The van der Waals surface area contributed by atoms with E-state index >= 15 is 0 Å². The Kier molecular flexibility index (Phi) is 1.31. The minimum atomic E-state index is 0.289. The Balaban J connectivity index is 2.57. The third-order valence-electron chi connectivity index (χ3n) is 2.35. The van der Waals surface area contributed by atoms with Crippen LogP contribution >= 0.6 is 0 Å². The molecule has 0 saturated carbocycles. The van der Waals surface area contributed by atoms with Gasteiger partial charge in [0.25, 0.3) is 0 Å². The van der Waals surface area contributed by atoms with Gasteiger partial charge in [-0.25, -0.2) is 4.98 Å². The molecule has 0 amide bonds. The zero-order valence-electron chi connectivity index (χ0n) is 7.38. The van der Waals surface area contributed by atoms with E-state index in [1.807, 2.05) is 28.8 Å². The predicted octanol–water partition coefficient (Wildman–Crippen LogP) is 2.19. The summed E-state index contributed by atoms with van der Waals surface area (Å²) < 4.78 is 1.99. The van der Waals surface area contributed by atoms with Gasteiger partial charge in [0.05, 0.1) is 5.52 Å². The molecule has 2 heterocycles. The maximum atomic E-state index is 9.33. The summed E-state index contributed by atoms with van der Waals surface area (Å²) in [5, 5.41) is 10.3. The summed E-state index contributed by atoms with van der Waals surface area (Å²) in [6, 6.07) is 9.20. The first-order valence-corrected chi connectivity index (χ1v) is 4.39. The fourth-order valence-corrected chi connectivity index (χ4v) is 1.70. The van der Waals surface area contributed by atoms with Crippen LogP contribution in [0.4, 0.5) is 0 Å². The Hall–Kier alpha value is -2.03. The van der Waals surface area contributed by atoms with E-state index in [0.29, 0.717) is 0 Å². The Morgan fingerprint density at radius 2 is 2.07 bits per heavy atom. The molecule has 3 nitrogen and oxygen atoms in total. The maximum absolute atomic E-state index is 9.33. The van der Waals surface area contributed by atoms with Crippen LogP contribution in [0, 0.1) is 0 Å². The molecule has 0 aliphatic heterocycles. The van der Waals surface area contributed by atoms with Crippen molar-refractivity contribution in [1.82, 2.24) is 9.38 Å². The van der Waals surface area contributed by atoms with Crippen LogP contribution < -0.4 is 0 Å². The molecule has 14 heavy (non-hydrogen) atoms. The highest BCUT2D eigenvalue weighted by Crippen LogP contribution is 2.20. The first kappa shape index (κ1) is 7.38. The van der Waals surface area contributed by atoms with Crippen LogP contribution in [-0.2, 0) is 0 Å². The number of benzene rings is 1. The molecule has 0 bridgehead atoms. The number of nitrogens with zero attached hydrogens (tertiary/aromatic N) is 2. The first-order valence-electron chi connectivity index (χ1n) is 4.39. The number of phenols is 1. The van der Waals surface area contributed by atoms with Crippen LogP contribution in [0.2, 0.25) is 0 Å².